The molecule has 0 radical (unpaired) electrons. The van der Waals surface area contributed by atoms with Crippen molar-refractivity contribution < 1.29 is 63.9 Å². The van der Waals surface area contributed by atoms with Gasteiger partial charge in [0.05, 0.1) is 17.8 Å². The molecule has 2 aromatic carbocycles. The Hall–Kier alpha value is -6.22. The summed E-state index contributed by atoms with van der Waals surface area (Å²) < 4.78 is 40.0. The van der Waals surface area contributed by atoms with Crippen LogP contribution in [0.15, 0.2) is 60.8 Å². The summed E-state index contributed by atoms with van der Waals surface area (Å²) in [5.41, 5.74) is 5.81. The number of nitrogens with zero attached hydrogens (tertiary/aromatic N) is 2. The molecule has 6 amide bonds. The lowest BCUT2D eigenvalue weighted by Crippen LogP contribution is -2.56. The molecule has 0 aliphatic rings. The Morgan fingerprint density at radius 1 is 0.873 bits per heavy atom. The number of carboxylic acids is 2. The van der Waals surface area contributed by atoms with Crippen LogP contribution in [0.1, 0.15) is 70.2 Å². The highest BCUT2D eigenvalue weighted by molar-refractivity contribution is 9.09. The van der Waals surface area contributed by atoms with Crippen LogP contribution in [0.3, 0.4) is 0 Å². The molecule has 18 nitrogen and oxygen atoms in total. The van der Waals surface area contributed by atoms with E-state index in [9.17, 15) is 53.0 Å². The van der Waals surface area contributed by atoms with Crippen LogP contribution in [0.5, 0.6) is 0 Å². The van der Waals surface area contributed by atoms with Crippen LogP contribution in [0.25, 0.3) is 11.1 Å². The Labute approximate surface area is 371 Å². The van der Waals surface area contributed by atoms with Crippen molar-refractivity contribution in [2.75, 3.05) is 25.0 Å². The van der Waals surface area contributed by atoms with Gasteiger partial charge in [-0.1, -0.05) is 67.0 Å². The van der Waals surface area contributed by atoms with E-state index in [1.807, 2.05) is 18.2 Å². The number of aromatic nitrogens is 1. The molecule has 63 heavy (non-hydrogen) atoms. The summed E-state index contributed by atoms with van der Waals surface area (Å²) in [6, 6.07) is 7.70. The topological polar surface area (TPSA) is 280 Å². The molecule has 0 aliphatic carbocycles. The summed E-state index contributed by atoms with van der Waals surface area (Å²) >= 11 is 2.94. The zero-order valence-electron chi connectivity index (χ0n) is 35.8. The third-order valence-electron chi connectivity index (χ3n) is 9.57. The zero-order chi connectivity index (χ0) is 47.9. The van der Waals surface area contributed by atoms with Gasteiger partial charge < -0.3 is 51.8 Å². The lowest BCUT2D eigenvalue weighted by atomic mass is 9.82. The fraction of sp³-hybridized carbons (Fsp3) is 0.429. The number of hydrogen-bond acceptors (Lipinski definition) is 9. The zero-order valence-corrected chi connectivity index (χ0v) is 36.4. The fourth-order valence-corrected chi connectivity index (χ4v) is 6.87. The first-order chi connectivity index (χ1) is 30.1. The lowest BCUT2D eigenvalue weighted by molar-refractivity contribution is -0.143. The van der Waals surface area contributed by atoms with E-state index in [1.54, 1.807) is 49.7 Å². The first kappa shape index (κ1) is 49.4. The van der Waals surface area contributed by atoms with Gasteiger partial charge in [-0.2, -0.15) is 0 Å². The number of carbonyl (C=O) groups excluding carboxylic acids is 6. The monoisotopic (exact) mass is 948 g/mol. The number of nitrogens with one attached hydrogen (secondary N) is 4. The predicted octanol–water partition coefficient (Wildman–Crippen LogP) is 1.96. The van der Waals surface area contributed by atoms with Crippen molar-refractivity contribution in [3.05, 3.63) is 83.7 Å². The molecule has 3 aromatic rings. The van der Waals surface area contributed by atoms with Gasteiger partial charge in [0.25, 0.3) is 0 Å². The van der Waals surface area contributed by atoms with Gasteiger partial charge >= 0.3 is 11.9 Å². The van der Waals surface area contributed by atoms with E-state index in [-0.39, 0.29) is 23.0 Å². The maximum atomic E-state index is 15.2. The molecule has 0 fully saturated rings. The van der Waals surface area contributed by atoms with E-state index in [0.29, 0.717) is 11.0 Å². The van der Waals surface area contributed by atoms with Crippen molar-refractivity contribution >= 4 is 63.3 Å². The van der Waals surface area contributed by atoms with Gasteiger partial charge in [0.1, 0.15) is 36.4 Å². The summed E-state index contributed by atoms with van der Waals surface area (Å²) in [6.45, 7) is 3.37. The van der Waals surface area contributed by atoms with Crippen molar-refractivity contribution in [2.45, 2.75) is 83.6 Å². The van der Waals surface area contributed by atoms with Gasteiger partial charge in [-0.3, -0.25) is 33.6 Å². The summed E-state index contributed by atoms with van der Waals surface area (Å²) in [6.07, 6.45) is -1.28. The highest BCUT2D eigenvalue weighted by Crippen LogP contribution is 2.41. The first-order valence-corrected chi connectivity index (χ1v) is 20.8. The number of nitrogens with two attached hydrogens (primary N) is 1. The Morgan fingerprint density at radius 2 is 1.54 bits per heavy atom. The molecule has 0 unspecified atom stereocenters. The summed E-state index contributed by atoms with van der Waals surface area (Å²) in [5.74, 6) is -10.0. The number of carboxylic acid groups (broad SMARTS) is 2. The van der Waals surface area contributed by atoms with Crippen LogP contribution < -0.4 is 27.0 Å². The molecule has 0 bridgehead atoms. The number of halogens is 3. The van der Waals surface area contributed by atoms with Gasteiger partial charge in [0.2, 0.25) is 35.4 Å². The van der Waals surface area contributed by atoms with Crippen molar-refractivity contribution in [3.63, 3.8) is 0 Å². The van der Waals surface area contributed by atoms with Crippen LogP contribution in [-0.2, 0) is 44.9 Å². The second kappa shape index (κ2) is 23.8. The molecule has 0 saturated carbocycles. The second-order valence-electron chi connectivity index (χ2n) is 15.5. The number of alkyl halides is 1. The minimum Gasteiger partial charge on any atom is -0.481 e. The highest BCUT2D eigenvalue weighted by Gasteiger charge is 2.38. The maximum absolute atomic E-state index is 15.2. The Morgan fingerprint density at radius 3 is 2.13 bits per heavy atom. The number of aliphatic carboxylic acids is 2. The smallest absolute Gasteiger partial charge is 0.326 e. The molecule has 342 valence electrons. The largest absolute Gasteiger partial charge is 0.481 e. The van der Waals surface area contributed by atoms with E-state index in [4.69, 9.17) is 12.3 Å². The van der Waals surface area contributed by atoms with Crippen molar-refractivity contribution in [2.24, 2.45) is 11.1 Å². The Bertz CT molecular complexity index is 2170. The molecule has 3 rings (SSSR count). The van der Waals surface area contributed by atoms with Crippen LogP contribution in [-0.4, -0.2) is 115 Å². The predicted molar refractivity (Wildman–Crippen MR) is 226 cm³/mol. The quantitative estimate of drug-likeness (QED) is 0.0601. The normalized spacial score (nSPS) is 13.3. The molecule has 1 aromatic heterocycles. The van der Waals surface area contributed by atoms with Gasteiger partial charge in [0, 0.05) is 55.5 Å². The molecular formula is C42H52BrF2N7O11. The second-order valence-corrected chi connectivity index (χ2v) is 16.1. The molecule has 1 heterocycles. The van der Waals surface area contributed by atoms with E-state index < -0.39 is 140 Å². The standard InChI is InChI=1S/C42H52BrF2N7O11/c1-42(2,3)38(32-17-25(27-18-26(44)9-10-28(27)45)22-51(32)21-24-7-5-4-6-8-24)52(36(57)23-53)16-14-29(50-40(61)31(19-33(46)54)49-35(56)20-43)39(60)47-15-13-34(55)48-30(41(62)63)11-12-37(58)59/h4-10,17-18,22,29-31,38,53H,11-16,19-21,23H2,1-3H3,(H2,46,54)(H,47,60)(H,48,55)(H,49,56)(H,50,61)(H,58,59)(H,62,63)/t29-,30-,31-,38-/m0/s1/i/hD. The third-order valence-corrected chi connectivity index (χ3v) is 10.1. The SMILES string of the molecule is [2H]N(CCC(=O)N[C@@H](CCC(=O)O)C(=O)O)C(=O)[C@H](CCN(C(=O)CO)[C@@H](c1cc(-c2cc(F)ccc2F)cn1Cc1ccccc1)C(C)(C)C)NC(=O)[C@H](CC(N)=O)NC(=O)CBr. The number of hydrogen-bond donors (Lipinski definition) is 8. The molecule has 9 N–H and O–H groups in total. The number of aliphatic hydroxyl groups is 1. The van der Waals surface area contributed by atoms with Gasteiger partial charge in [0.15, 0.2) is 1.41 Å². The number of aliphatic hydroxyl groups excluding tert-OH is 1. The van der Waals surface area contributed by atoms with Crippen LogP contribution in [0, 0.1) is 17.0 Å². The molecule has 21 heteroatoms. The first-order valence-electron chi connectivity index (χ1n) is 20.1. The Kier molecular flexibility index (Phi) is 18.7. The molecular weight excluding hydrogens is 896 g/mol. The van der Waals surface area contributed by atoms with Gasteiger partial charge in [-0.05, 0) is 48.1 Å². The third kappa shape index (κ3) is 15.9. The molecule has 0 saturated heterocycles. The average Bonchev–Trinajstić information content (AvgIpc) is 3.63. The highest BCUT2D eigenvalue weighted by atomic mass is 79.9. The van der Waals surface area contributed by atoms with Gasteiger partial charge in [-0.25, -0.2) is 13.6 Å². The van der Waals surface area contributed by atoms with E-state index in [0.717, 1.165) is 23.8 Å². The van der Waals surface area contributed by atoms with Crippen LogP contribution in [0.2, 0.25) is 1.41 Å². The fourth-order valence-electron chi connectivity index (χ4n) is 6.71. The summed E-state index contributed by atoms with van der Waals surface area (Å²) in [7, 11) is 0. The van der Waals surface area contributed by atoms with Crippen molar-refractivity contribution in [3.8, 4) is 11.1 Å². The average molecular weight is 950 g/mol. The summed E-state index contributed by atoms with van der Waals surface area (Å²) in [4.78, 5) is 102. The molecule has 0 aliphatic heterocycles. The minimum atomic E-state index is -1.73. The number of primary amides is 1. The maximum Gasteiger partial charge on any atom is 0.326 e. The number of carbonyl (C=O) groups is 8. The molecule has 0 spiro atoms. The van der Waals surface area contributed by atoms with Crippen LogP contribution >= 0.6 is 15.9 Å². The van der Waals surface area contributed by atoms with Gasteiger partial charge in [-0.15, -0.1) is 0 Å². The van der Waals surface area contributed by atoms with Crippen molar-refractivity contribution in [1.29, 1.82) is 0 Å². The van der Waals surface area contributed by atoms with E-state index >= 15 is 4.39 Å². The molecule has 4 atom stereocenters. The summed E-state index contributed by atoms with van der Waals surface area (Å²) in [5, 5.41) is 35.5. The number of amides is 6. The number of rotatable bonds is 24. The Balaban J connectivity index is 2.09. The van der Waals surface area contributed by atoms with E-state index in [1.165, 1.54) is 4.90 Å². The van der Waals surface area contributed by atoms with Crippen molar-refractivity contribution in [1.82, 2.24) is 30.7 Å². The lowest BCUT2D eigenvalue weighted by Gasteiger charge is -2.41. The minimum absolute atomic E-state index is 0.0744. The number of benzene rings is 2. The van der Waals surface area contributed by atoms with Crippen LogP contribution in [0.4, 0.5) is 8.78 Å². The van der Waals surface area contributed by atoms with E-state index in [2.05, 4.69) is 31.9 Å².